The van der Waals surface area contributed by atoms with Crippen LogP contribution in [0.15, 0.2) is 30.3 Å². The first-order chi connectivity index (χ1) is 7.68. The van der Waals surface area contributed by atoms with Crippen LogP contribution in [0.1, 0.15) is 45.6 Å². The molecule has 0 saturated carbocycles. The lowest BCUT2D eigenvalue weighted by Gasteiger charge is -2.13. The van der Waals surface area contributed by atoms with Crippen LogP contribution in [0.2, 0.25) is 0 Å². The average Bonchev–Trinajstić information content (AvgIpc) is 2.27. The molecule has 1 aromatic rings. The Labute approximate surface area is 99.8 Å². The van der Waals surface area contributed by atoms with Crippen LogP contribution in [0.4, 0.5) is 0 Å². The zero-order valence-electron chi connectivity index (χ0n) is 10.8. The Morgan fingerprint density at radius 3 is 2.31 bits per heavy atom. The highest BCUT2D eigenvalue weighted by atomic mass is 16.5. The van der Waals surface area contributed by atoms with Crippen LogP contribution in [-0.4, -0.2) is 6.10 Å². The molecule has 1 aromatic carbocycles. The molecule has 0 radical (unpaired) electrons. The highest BCUT2D eigenvalue weighted by Crippen LogP contribution is 2.11. The van der Waals surface area contributed by atoms with Gasteiger partial charge in [0, 0.05) is 0 Å². The first kappa shape index (κ1) is 13.2. The van der Waals surface area contributed by atoms with E-state index >= 15 is 0 Å². The molecule has 1 unspecified atom stereocenters. The Morgan fingerprint density at radius 1 is 1.00 bits per heavy atom. The van der Waals surface area contributed by atoms with Crippen LogP contribution in [0, 0.1) is 5.92 Å². The van der Waals surface area contributed by atoms with E-state index < -0.39 is 0 Å². The van der Waals surface area contributed by atoms with Gasteiger partial charge in [0.25, 0.3) is 0 Å². The van der Waals surface area contributed by atoms with Crippen LogP contribution in [0.25, 0.3) is 0 Å². The molecule has 1 rings (SSSR count). The molecule has 90 valence electrons. The van der Waals surface area contributed by atoms with Crippen molar-refractivity contribution in [3.8, 4) is 0 Å². The van der Waals surface area contributed by atoms with E-state index in [-0.39, 0.29) is 0 Å². The monoisotopic (exact) mass is 220 g/mol. The lowest BCUT2D eigenvalue weighted by atomic mass is 10.0. The molecule has 16 heavy (non-hydrogen) atoms. The zero-order valence-corrected chi connectivity index (χ0v) is 10.8. The second-order valence-electron chi connectivity index (χ2n) is 4.93. The van der Waals surface area contributed by atoms with Gasteiger partial charge in [0.2, 0.25) is 0 Å². The number of hydrogen-bond donors (Lipinski definition) is 0. The summed E-state index contributed by atoms with van der Waals surface area (Å²) in [4.78, 5) is 0. The van der Waals surface area contributed by atoms with Crippen molar-refractivity contribution >= 4 is 0 Å². The lowest BCUT2D eigenvalue weighted by molar-refractivity contribution is 0.0454. The predicted octanol–water partition coefficient (Wildman–Crippen LogP) is 4.42. The molecule has 0 saturated heterocycles. The van der Waals surface area contributed by atoms with Gasteiger partial charge in [0.1, 0.15) is 0 Å². The summed E-state index contributed by atoms with van der Waals surface area (Å²) in [7, 11) is 0. The molecule has 0 heterocycles. The SMILES string of the molecule is CC(C)CCCC(C)OCc1ccccc1. The molecule has 0 aliphatic rings. The molecule has 1 atom stereocenters. The van der Waals surface area contributed by atoms with E-state index in [2.05, 4.69) is 45.0 Å². The third-order valence-electron chi connectivity index (χ3n) is 2.77. The number of hydrogen-bond acceptors (Lipinski definition) is 1. The minimum Gasteiger partial charge on any atom is -0.374 e. The summed E-state index contributed by atoms with van der Waals surface area (Å²) in [6.07, 6.45) is 4.12. The lowest BCUT2D eigenvalue weighted by Crippen LogP contribution is -2.08. The molecule has 0 aliphatic heterocycles. The quantitative estimate of drug-likeness (QED) is 0.661. The minimum atomic E-state index is 0.374. The van der Waals surface area contributed by atoms with Crippen molar-refractivity contribution in [2.75, 3.05) is 0 Å². The molecule has 1 heteroatoms. The maximum absolute atomic E-state index is 5.81. The Balaban J connectivity index is 2.13. The molecule has 0 aromatic heterocycles. The molecule has 0 aliphatic carbocycles. The van der Waals surface area contributed by atoms with Gasteiger partial charge in [0.15, 0.2) is 0 Å². The van der Waals surface area contributed by atoms with Crippen LogP contribution >= 0.6 is 0 Å². The summed E-state index contributed by atoms with van der Waals surface area (Å²) in [5.74, 6) is 0.807. The van der Waals surface area contributed by atoms with Gasteiger partial charge >= 0.3 is 0 Å². The van der Waals surface area contributed by atoms with Gasteiger partial charge in [-0.2, -0.15) is 0 Å². The molecule has 0 N–H and O–H groups in total. The van der Waals surface area contributed by atoms with Crippen molar-refractivity contribution < 1.29 is 4.74 Å². The van der Waals surface area contributed by atoms with E-state index in [1.54, 1.807) is 0 Å². The van der Waals surface area contributed by atoms with Crippen molar-refractivity contribution in [2.45, 2.75) is 52.7 Å². The Kier molecular flexibility index (Phi) is 6.17. The molecule has 0 amide bonds. The molecule has 0 spiro atoms. The van der Waals surface area contributed by atoms with Crippen molar-refractivity contribution in [1.82, 2.24) is 0 Å². The van der Waals surface area contributed by atoms with Gasteiger partial charge in [0.05, 0.1) is 12.7 Å². The Hall–Kier alpha value is -0.820. The predicted molar refractivity (Wildman–Crippen MR) is 69.4 cm³/mol. The highest BCUT2D eigenvalue weighted by Gasteiger charge is 2.03. The van der Waals surface area contributed by atoms with E-state index in [1.165, 1.54) is 24.8 Å². The number of ether oxygens (including phenoxy) is 1. The van der Waals surface area contributed by atoms with Gasteiger partial charge in [-0.25, -0.2) is 0 Å². The topological polar surface area (TPSA) is 9.23 Å². The summed E-state index contributed by atoms with van der Waals surface area (Å²) >= 11 is 0. The Bertz CT molecular complexity index is 266. The van der Waals surface area contributed by atoms with E-state index in [4.69, 9.17) is 4.74 Å². The maximum Gasteiger partial charge on any atom is 0.0720 e. The molecule has 0 fully saturated rings. The molecule has 0 bridgehead atoms. The van der Waals surface area contributed by atoms with Gasteiger partial charge in [-0.1, -0.05) is 57.0 Å². The second-order valence-corrected chi connectivity index (χ2v) is 4.93. The molecular formula is C15H24O. The van der Waals surface area contributed by atoms with Crippen LogP contribution in [0.5, 0.6) is 0 Å². The average molecular weight is 220 g/mol. The third kappa shape index (κ3) is 5.92. The summed E-state index contributed by atoms with van der Waals surface area (Å²) in [5.41, 5.74) is 1.26. The fourth-order valence-corrected chi connectivity index (χ4v) is 1.71. The second kappa shape index (κ2) is 7.45. The van der Waals surface area contributed by atoms with Crippen LogP contribution in [0.3, 0.4) is 0 Å². The minimum absolute atomic E-state index is 0.374. The van der Waals surface area contributed by atoms with Gasteiger partial charge in [-0.05, 0) is 24.8 Å². The van der Waals surface area contributed by atoms with E-state index in [0.717, 1.165) is 12.5 Å². The zero-order chi connectivity index (χ0) is 11.8. The standard InChI is InChI=1S/C15H24O/c1-13(2)8-7-9-14(3)16-12-15-10-5-4-6-11-15/h4-6,10-11,13-14H,7-9,12H2,1-3H3. The first-order valence-electron chi connectivity index (χ1n) is 6.34. The number of rotatable bonds is 7. The summed E-state index contributed by atoms with van der Waals surface area (Å²) in [6.45, 7) is 7.46. The highest BCUT2D eigenvalue weighted by molar-refractivity contribution is 5.13. The maximum atomic E-state index is 5.81. The van der Waals surface area contributed by atoms with Crippen LogP contribution < -0.4 is 0 Å². The summed E-state index contributed by atoms with van der Waals surface area (Å²) < 4.78 is 5.81. The smallest absolute Gasteiger partial charge is 0.0720 e. The van der Waals surface area contributed by atoms with Crippen molar-refractivity contribution in [3.05, 3.63) is 35.9 Å². The fraction of sp³-hybridized carbons (Fsp3) is 0.600. The summed E-state index contributed by atoms with van der Waals surface area (Å²) in [6, 6.07) is 10.4. The van der Waals surface area contributed by atoms with Crippen molar-refractivity contribution in [1.29, 1.82) is 0 Å². The van der Waals surface area contributed by atoms with E-state index in [1.807, 2.05) is 6.07 Å². The largest absolute Gasteiger partial charge is 0.374 e. The fourth-order valence-electron chi connectivity index (χ4n) is 1.71. The van der Waals surface area contributed by atoms with Crippen molar-refractivity contribution in [3.63, 3.8) is 0 Å². The van der Waals surface area contributed by atoms with E-state index in [0.29, 0.717) is 6.10 Å². The summed E-state index contributed by atoms with van der Waals surface area (Å²) in [5, 5.41) is 0. The van der Waals surface area contributed by atoms with Gasteiger partial charge < -0.3 is 4.74 Å². The number of benzene rings is 1. The van der Waals surface area contributed by atoms with Gasteiger partial charge in [-0.3, -0.25) is 0 Å². The normalized spacial score (nSPS) is 13.0. The Morgan fingerprint density at radius 2 is 1.69 bits per heavy atom. The van der Waals surface area contributed by atoms with Crippen LogP contribution in [-0.2, 0) is 11.3 Å². The third-order valence-corrected chi connectivity index (χ3v) is 2.77. The first-order valence-corrected chi connectivity index (χ1v) is 6.34. The molecular weight excluding hydrogens is 196 g/mol. The molecule has 1 nitrogen and oxygen atoms in total. The van der Waals surface area contributed by atoms with Gasteiger partial charge in [-0.15, -0.1) is 0 Å². The van der Waals surface area contributed by atoms with Crippen molar-refractivity contribution in [2.24, 2.45) is 5.92 Å². The van der Waals surface area contributed by atoms with E-state index in [9.17, 15) is 0 Å².